The first-order chi connectivity index (χ1) is 12.9. The molecule has 1 aromatic heterocycles. The fourth-order valence-corrected chi connectivity index (χ4v) is 5.66. The van der Waals surface area contributed by atoms with E-state index in [9.17, 15) is 17.6 Å². The lowest BCUT2D eigenvalue weighted by molar-refractivity contribution is -0.117. The zero-order chi connectivity index (χ0) is 19.2. The standard InChI is InChI=1S/C17H18FN3O4S2/c1-25-13-5-4-11(18)8-15(13)27(23,24)21-7-6-12-14(9-21)26-17(19-12)20-16(22)10-2-3-10/h4-5,8,10H,2-3,6-7,9H2,1H3,(H,19,20,22). The van der Waals surface area contributed by atoms with Gasteiger partial charge >= 0.3 is 0 Å². The predicted octanol–water partition coefficient (Wildman–Crippen LogP) is 2.39. The molecular formula is C17H18FN3O4S2. The number of sulfonamides is 1. The average molecular weight is 411 g/mol. The number of benzene rings is 1. The van der Waals surface area contributed by atoms with Crippen LogP contribution in [-0.2, 0) is 27.8 Å². The van der Waals surface area contributed by atoms with Crippen LogP contribution in [0.3, 0.4) is 0 Å². The first kappa shape index (κ1) is 18.3. The van der Waals surface area contributed by atoms with Crippen molar-refractivity contribution in [1.82, 2.24) is 9.29 Å². The third-order valence-corrected chi connectivity index (χ3v) is 7.48. The van der Waals surface area contributed by atoms with Crippen molar-refractivity contribution < 1.29 is 22.3 Å². The highest BCUT2D eigenvalue weighted by atomic mass is 32.2. The van der Waals surface area contributed by atoms with Gasteiger partial charge in [-0.05, 0) is 31.0 Å². The summed E-state index contributed by atoms with van der Waals surface area (Å²) in [6.07, 6.45) is 2.23. The molecule has 1 aromatic carbocycles. The van der Waals surface area contributed by atoms with Crippen LogP contribution in [0, 0.1) is 11.7 Å². The van der Waals surface area contributed by atoms with E-state index in [1.54, 1.807) is 0 Å². The Morgan fingerprint density at radius 2 is 2.19 bits per heavy atom. The average Bonchev–Trinajstić information content (AvgIpc) is 3.42. The number of fused-ring (bicyclic) bond motifs is 1. The highest BCUT2D eigenvalue weighted by molar-refractivity contribution is 7.89. The van der Waals surface area contributed by atoms with Gasteiger partial charge < -0.3 is 10.1 Å². The van der Waals surface area contributed by atoms with Gasteiger partial charge in [0.05, 0.1) is 19.3 Å². The van der Waals surface area contributed by atoms with Crippen LogP contribution in [0.2, 0.25) is 0 Å². The second-order valence-electron chi connectivity index (χ2n) is 6.54. The van der Waals surface area contributed by atoms with E-state index in [0.29, 0.717) is 11.6 Å². The largest absolute Gasteiger partial charge is 0.495 e. The first-order valence-electron chi connectivity index (χ1n) is 8.51. The maximum Gasteiger partial charge on any atom is 0.247 e. The Morgan fingerprint density at radius 3 is 2.89 bits per heavy atom. The molecule has 2 aliphatic rings. The molecule has 0 atom stereocenters. The van der Waals surface area contributed by atoms with Gasteiger partial charge in [-0.2, -0.15) is 4.31 Å². The number of nitrogens with one attached hydrogen (secondary N) is 1. The maximum absolute atomic E-state index is 13.6. The summed E-state index contributed by atoms with van der Waals surface area (Å²) >= 11 is 1.28. The summed E-state index contributed by atoms with van der Waals surface area (Å²) in [5.41, 5.74) is 0.795. The van der Waals surface area contributed by atoms with Crippen molar-refractivity contribution in [1.29, 1.82) is 0 Å². The van der Waals surface area contributed by atoms with Crippen molar-refractivity contribution in [3.05, 3.63) is 34.6 Å². The number of rotatable bonds is 5. The molecule has 4 rings (SSSR count). The van der Waals surface area contributed by atoms with E-state index in [1.165, 1.54) is 28.8 Å². The Bertz CT molecular complexity index is 1000. The van der Waals surface area contributed by atoms with E-state index >= 15 is 0 Å². The van der Waals surface area contributed by atoms with Crippen LogP contribution in [0.15, 0.2) is 23.1 Å². The molecule has 2 aromatic rings. The predicted molar refractivity (Wildman–Crippen MR) is 97.7 cm³/mol. The number of thiazole rings is 1. The van der Waals surface area contributed by atoms with Crippen LogP contribution in [0.5, 0.6) is 5.75 Å². The Hall–Kier alpha value is -2.04. The smallest absolute Gasteiger partial charge is 0.247 e. The molecule has 2 heterocycles. The molecule has 7 nitrogen and oxygen atoms in total. The molecule has 0 radical (unpaired) electrons. The van der Waals surface area contributed by atoms with Gasteiger partial charge in [-0.25, -0.2) is 17.8 Å². The summed E-state index contributed by atoms with van der Waals surface area (Å²) in [4.78, 5) is 16.9. The number of anilines is 1. The minimum Gasteiger partial charge on any atom is -0.495 e. The van der Waals surface area contributed by atoms with Crippen LogP contribution in [0.25, 0.3) is 0 Å². The van der Waals surface area contributed by atoms with Gasteiger partial charge in [0, 0.05) is 23.8 Å². The number of hydrogen-bond acceptors (Lipinski definition) is 6. The van der Waals surface area contributed by atoms with Crippen molar-refractivity contribution in [2.75, 3.05) is 19.0 Å². The lowest BCUT2D eigenvalue weighted by Crippen LogP contribution is -2.35. The lowest BCUT2D eigenvalue weighted by atomic mass is 10.2. The number of carbonyl (C=O) groups excluding carboxylic acids is 1. The van der Waals surface area contributed by atoms with Crippen LogP contribution < -0.4 is 10.1 Å². The number of amides is 1. The number of halogens is 1. The van der Waals surface area contributed by atoms with E-state index in [1.807, 2.05) is 0 Å². The number of nitrogens with zero attached hydrogens (tertiary/aromatic N) is 2. The molecule has 0 unspecified atom stereocenters. The van der Waals surface area contributed by atoms with Gasteiger partial charge in [0.2, 0.25) is 15.9 Å². The number of methoxy groups -OCH3 is 1. The quantitative estimate of drug-likeness (QED) is 0.816. The molecule has 0 saturated heterocycles. The zero-order valence-corrected chi connectivity index (χ0v) is 16.2. The topological polar surface area (TPSA) is 88.6 Å². The molecule has 1 fully saturated rings. The Morgan fingerprint density at radius 1 is 1.41 bits per heavy atom. The van der Waals surface area contributed by atoms with Gasteiger partial charge in [-0.15, -0.1) is 11.3 Å². The maximum atomic E-state index is 13.6. The van der Waals surface area contributed by atoms with Crippen LogP contribution in [0.1, 0.15) is 23.4 Å². The minimum absolute atomic E-state index is 0.0323. The summed E-state index contributed by atoms with van der Waals surface area (Å²) in [5.74, 6) is -0.503. The van der Waals surface area contributed by atoms with Crippen molar-refractivity contribution in [3.8, 4) is 5.75 Å². The summed E-state index contributed by atoms with van der Waals surface area (Å²) in [7, 11) is -2.58. The second kappa shape index (κ2) is 6.84. The molecule has 10 heteroatoms. The van der Waals surface area contributed by atoms with Gasteiger partial charge in [0.1, 0.15) is 16.5 Å². The van der Waals surface area contributed by atoms with Crippen molar-refractivity contribution in [2.24, 2.45) is 5.92 Å². The molecule has 144 valence electrons. The lowest BCUT2D eigenvalue weighted by Gasteiger charge is -2.26. The molecule has 1 N–H and O–H groups in total. The number of hydrogen-bond donors (Lipinski definition) is 1. The fraction of sp³-hybridized carbons (Fsp3) is 0.412. The summed E-state index contributed by atoms with van der Waals surface area (Å²) in [6, 6.07) is 3.43. The SMILES string of the molecule is COc1ccc(F)cc1S(=O)(=O)N1CCc2nc(NC(=O)C3CC3)sc2C1. The summed E-state index contributed by atoms with van der Waals surface area (Å²) < 4.78 is 46.0. The molecule has 0 bridgehead atoms. The van der Waals surface area contributed by atoms with E-state index < -0.39 is 15.8 Å². The molecule has 1 aliphatic heterocycles. The highest BCUT2D eigenvalue weighted by Crippen LogP contribution is 2.35. The molecule has 0 spiro atoms. The van der Waals surface area contributed by atoms with E-state index in [4.69, 9.17) is 4.74 Å². The Labute approximate surface area is 160 Å². The molecule has 1 amide bonds. The Balaban J connectivity index is 1.57. The van der Waals surface area contributed by atoms with Gasteiger partial charge in [0.25, 0.3) is 0 Å². The number of carbonyl (C=O) groups is 1. The third kappa shape index (κ3) is 3.56. The zero-order valence-electron chi connectivity index (χ0n) is 14.6. The molecule has 27 heavy (non-hydrogen) atoms. The molecular weight excluding hydrogens is 393 g/mol. The molecule has 1 saturated carbocycles. The van der Waals surface area contributed by atoms with Crippen LogP contribution >= 0.6 is 11.3 Å². The van der Waals surface area contributed by atoms with Gasteiger partial charge in [-0.3, -0.25) is 4.79 Å². The van der Waals surface area contributed by atoms with Crippen LogP contribution in [-0.4, -0.2) is 37.3 Å². The second-order valence-corrected chi connectivity index (χ2v) is 9.53. The van der Waals surface area contributed by atoms with Gasteiger partial charge in [0.15, 0.2) is 5.13 Å². The van der Waals surface area contributed by atoms with E-state index in [2.05, 4.69) is 10.3 Å². The highest BCUT2D eigenvalue weighted by Gasteiger charge is 2.34. The van der Waals surface area contributed by atoms with Crippen molar-refractivity contribution in [2.45, 2.75) is 30.7 Å². The van der Waals surface area contributed by atoms with Crippen LogP contribution in [0.4, 0.5) is 9.52 Å². The summed E-state index contributed by atoms with van der Waals surface area (Å²) in [6.45, 7) is 0.364. The van der Waals surface area contributed by atoms with Gasteiger partial charge in [-0.1, -0.05) is 0 Å². The monoisotopic (exact) mass is 411 g/mol. The Kier molecular flexibility index (Phi) is 4.65. The fourth-order valence-electron chi connectivity index (χ4n) is 2.97. The normalized spacial score (nSPS) is 17.4. The number of aromatic nitrogens is 1. The molecule has 1 aliphatic carbocycles. The van der Waals surface area contributed by atoms with E-state index in [0.717, 1.165) is 35.5 Å². The third-order valence-electron chi connectivity index (χ3n) is 4.62. The first-order valence-corrected chi connectivity index (χ1v) is 10.8. The van der Waals surface area contributed by atoms with Crippen molar-refractivity contribution >= 4 is 32.4 Å². The number of ether oxygens (including phenoxy) is 1. The minimum atomic E-state index is -3.93. The summed E-state index contributed by atoms with van der Waals surface area (Å²) in [5, 5.41) is 3.30. The van der Waals surface area contributed by atoms with Crippen molar-refractivity contribution in [3.63, 3.8) is 0 Å². The van der Waals surface area contributed by atoms with E-state index in [-0.39, 0.29) is 35.6 Å².